The van der Waals surface area contributed by atoms with E-state index in [1.165, 1.54) is 13.2 Å². The van der Waals surface area contributed by atoms with Gasteiger partial charge in [0, 0.05) is 17.3 Å². The second kappa shape index (κ2) is 8.27. The van der Waals surface area contributed by atoms with E-state index < -0.39 is 41.3 Å². The normalized spacial score (nSPS) is 26.5. The van der Waals surface area contributed by atoms with Gasteiger partial charge in [-0.25, -0.2) is 9.18 Å². The largest absolute Gasteiger partial charge is 0.468 e. The number of carbonyl (C=O) groups is 3. The van der Waals surface area contributed by atoms with Gasteiger partial charge in [0.15, 0.2) is 5.78 Å². The van der Waals surface area contributed by atoms with Crippen molar-refractivity contribution in [3.05, 3.63) is 46.9 Å². The highest BCUT2D eigenvalue weighted by Gasteiger charge is 2.51. The zero-order valence-corrected chi connectivity index (χ0v) is 16.9. The number of ketones is 1. The fourth-order valence-electron chi connectivity index (χ4n) is 4.37. The molecule has 0 bridgehead atoms. The number of fused-ring (bicyclic) bond motifs is 1. The van der Waals surface area contributed by atoms with Gasteiger partial charge >= 0.3 is 11.9 Å². The smallest absolute Gasteiger partial charge is 0.336 e. The van der Waals surface area contributed by atoms with Crippen molar-refractivity contribution in [2.75, 3.05) is 13.7 Å². The van der Waals surface area contributed by atoms with Crippen LogP contribution in [-0.2, 0) is 23.9 Å². The van der Waals surface area contributed by atoms with Crippen molar-refractivity contribution >= 4 is 23.4 Å². The molecule has 6 nitrogen and oxygen atoms in total. The van der Waals surface area contributed by atoms with Gasteiger partial charge in [-0.1, -0.05) is 25.1 Å². The number of allylic oxidation sites excluding steroid dienone is 1. The number of hydrogen-bond donors (Lipinski definition) is 0. The third-order valence-corrected chi connectivity index (χ3v) is 5.61. The number of carbonyl (C=O) groups excluding carboxylic acids is 3. The molecule has 0 spiro atoms. The second-order valence-corrected chi connectivity index (χ2v) is 7.38. The van der Waals surface area contributed by atoms with Crippen molar-refractivity contribution in [3.63, 3.8) is 0 Å². The molecule has 0 unspecified atom stereocenters. The molecule has 1 heterocycles. The number of halogens is 1. The van der Waals surface area contributed by atoms with E-state index in [2.05, 4.69) is 4.99 Å². The Morgan fingerprint density at radius 3 is 2.55 bits per heavy atom. The number of benzene rings is 1. The van der Waals surface area contributed by atoms with E-state index in [-0.39, 0.29) is 23.7 Å². The molecule has 1 aromatic rings. The molecule has 154 valence electrons. The van der Waals surface area contributed by atoms with Gasteiger partial charge in [-0.05, 0) is 37.8 Å². The van der Waals surface area contributed by atoms with Crippen molar-refractivity contribution < 1.29 is 28.2 Å². The number of esters is 2. The molecule has 1 aliphatic carbocycles. The molecule has 1 fully saturated rings. The Kier molecular flexibility index (Phi) is 5.96. The number of Topliss-reactive ketones (excluding diaryl/α,β-unsaturated/α-hetero) is 1. The third kappa shape index (κ3) is 3.61. The molecular formula is C22H24FNO5. The monoisotopic (exact) mass is 401 g/mol. The molecule has 0 radical (unpaired) electrons. The zero-order chi connectivity index (χ0) is 21.3. The van der Waals surface area contributed by atoms with Gasteiger partial charge in [-0.3, -0.25) is 14.6 Å². The van der Waals surface area contributed by atoms with Crippen LogP contribution in [0.3, 0.4) is 0 Å². The Morgan fingerprint density at radius 2 is 1.93 bits per heavy atom. The lowest BCUT2D eigenvalue weighted by atomic mass is 9.63. The molecular weight excluding hydrogens is 377 g/mol. The Hall–Kier alpha value is -2.83. The molecule has 1 saturated carbocycles. The summed E-state index contributed by atoms with van der Waals surface area (Å²) < 4.78 is 24.8. The molecule has 0 amide bonds. The molecule has 4 atom stereocenters. The summed E-state index contributed by atoms with van der Waals surface area (Å²) in [5.41, 5.74) is 1.32. The van der Waals surface area contributed by atoms with Gasteiger partial charge in [0.2, 0.25) is 0 Å². The standard InChI is InChI=1S/C22H24FNO5/c1-5-29-22(27)17-12(3)24-15-10-11(2)16(21(26)28-4)20(25)19(15)18(17)13-8-6-7-9-14(13)23/h6-9,11,16,18-19H,5,10H2,1-4H3/t11-,16-,18+,19+/m1/s1. The number of aliphatic imine (C=N–C) groups is 1. The topological polar surface area (TPSA) is 82.0 Å². The van der Waals surface area contributed by atoms with Crippen molar-refractivity contribution in [2.24, 2.45) is 22.7 Å². The molecule has 0 aromatic heterocycles. The quantitative estimate of drug-likeness (QED) is 0.572. The minimum absolute atomic E-state index is 0.136. The summed E-state index contributed by atoms with van der Waals surface area (Å²) in [6.45, 7) is 5.25. The maximum absolute atomic E-state index is 14.8. The van der Waals surface area contributed by atoms with Crippen LogP contribution in [0, 0.1) is 23.6 Å². The lowest BCUT2D eigenvalue weighted by Crippen LogP contribution is -2.48. The van der Waals surface area contributed by atoms with Crippen LogP contribution in [0.5, 0.6) is 0 Å². The molecule has 29 heavy (non-hydrogen) atoms. The van der Waals surface area contributed by atoms with Crippen LogP contribution in [0.2, 0.25) is 0 Å². The molecule has 3 rings (SSSR count). The highest BCUT2D eigenvalue weighted by molar-refractivity contribution is 6.17. The summed E-state index contributed by atoms with van der Waals surface area (Å²) in [4.78, 5) is 43.0. The Bertz CT molecular complexity index is 920. The zero-order valence-electron chi connectivity index (χ0n) is 16.9. The van der Waals surface area contributed by atoms with E-state index >= 15 is 0 Å². The van der Waals surface area contributed by atoms with E-state index in [0.717, 1.165) is 0 Å². The first-order valence-electron chi connectivity index (χ1n) is 9.63. The maximum atomic E-state index is 14.8. The fraction of sp³-hybridized carbons (Fsp3) is 0.455. The van der Waals surface area contributed by atoms with Crippen LogP contribution < -0.4 is 0 Å². The van der Waals surface area contributed by atoms with Crippen LogP contribution >= 0.6 is 0 Å². The minimum Gasteiger partial charge on any atom is -0.468 e. The van der Waals surface area contributed by atoms with E-state index in [1.807, 2.05) is 0 Å². The number of methoxy groups -OCH3 is 1. The van der Waals surface area contributed by atoms with Gasteiger partial charge in [0.25, 0.3) is 0 Å². The number of nitrogens with zero attached hydrogens (tertiary/aromatic N) is 1. The van der Waals surface area contributed by atoms with Crippen LogP contribution in [0.25, 0.3) is 0 Å². The molecule has 0 saturated heterocycles. The predicted octanol–water partition coefficient (Wildman–Crippen LogP) is 3.22. The summed E-state index contributed by atoms with van der Waals surface area (Å²) in [6, 6.07) is 6.02. The first-order valence-corrected chi connectivity index (χ1v) is 9.63. The van der Waals surface area contributed by atoms with Crippen molar-refractivity contribution in [1.29, 1.82) is 0 Å². The van der Waals surface area contributed by atoms with Gasteiger partial charge in [-0.2, -0.15) is 0 Å². The second-order valence-electron chi connectivity index (χ2n) is 7.38. The van der Waals surface area contributed by atoms with Crippen molar-refractivity contribution in [3.8, 4) is 0 Å². The van der Waals surface area contributed by atoms with Crippen LogP contribution in [0.4, 0.5) is 4.39 Å². The minimum atomic E-state index is -0.986. The highest BCUT2D eigenvalue weighted by Crippen LogP contribution is 2.46. The molecule has 2 aliphatic rings. The van der Waals surface area contributed by atoms with E-state index in [9.17, 15) is 18.8 Å². The average molecular weight is 401 g/mol. The number of ether oxygens (including phenoxy) is 2. The van der Waals surface area contributed by atoms with E-state index in [1.54, 1.807) is 39.0 Å². The van der Waals surface area contributed by atoms with Gasteiger partial charge in [-0.15, -0.1) is 0 Å². The maximum Gasteiger partial charge on any atom is 0.336 e. The summed E-state index contributed by atoms with van der Waals surface area (Å²) >= 11 is 0. The van der Waals surface area contributed by atoms with Gasteiger partial charge in [0.1, 0.15) is 11.7 Å². The first kappa shape index (κ1) is 20.9. The van der Waals surface area contributed by atoms with Crippen LogP contribution in [-0.4, -0.2) is 37.2 Å². The fourth-order valence-corrected chi connectivity index (χ4v) is 4.37. The Labute approximate surface area is 168 Å². The molecule has 1 aliphatic heterocycles. The Morgan fingerprint density at radius 1 is 1.24 bits per heavy atom. The van der Waals surface area contributed by atoms with Crippen LogP contribution in [0.15, 0.2) is 40.5 Å². The van der Waals surface area contributed by atoms with E-state index in [4.69, 9.17) is 9.47 Å². The van der Waals surface area contributed by atoms with Crippen molar-refractivity contribution in [2.45, 2.75) is 33.1 Å². The molecule has 1 aromatic carbocycles. The van der Waals surface area contributed by atoms with Crippen molar-refractivity contribution in [1.82, 2.24) is 0 Å². The Balaban J connectivity index is 2.20. The lowest BCUT2D eigenvalue weighted by Gasteiger charge is -2.40. The van der Waals surface area contributed by atoms with Crippen LogP contribution in [0.1, 0.15) is 38.7 Å². The van der Waals surface area contributed by atoms with Gasteiger partial charge < -0.3 is 9.47 Å². The molecule has 0 N–H and O–H groups in total. The summed E-state index contributed by atoms with van der Waals surface area (Å²) in [7, 11) is 1.23. The number of hydrogen-bond acceptors (Lipinski definition) is 6. The lowest BCUT2D eigenvalue weighted by molar-refractivity contribution is -0.152. The average Bonchev–Trinajstić information content (AvgIpc) is 2.67. The van der Waals surface area contributed by atoms with Gasteiger partial charge in [0.05, 0.1) is 25.2 Å². The first-order chi connectivity index (χ1) is 13.8. The predicted molar refractivity (Wildman–Crippen MR) is 104 cm³/mol. The van der Waals surface area contributed by atoms with E-state index in [0.29, 0.717) is 17.8 Å². The number of rotatable bonds is 4. The summed E-state index contributed by atoms with van der Waals surface area (Å²) in [5, 5.41) is 0. The molecule has 7 heteroatoms. The highest BCUT2D eigenvalue weighted by atomic mass is 19.1. The SMILES string of the molecule is CCOC(=O)C1=C(C)N=C2C[C@@H](C)[C@@H](C(=O)OC)C(=O)[C@@H]2[C@H]1c1ccccc1F. The third-order valence-electron chi connectivity index (χ3n) is 5.61. The summed E-state index contributed by atoms with van der Waals surface area (Å²) in [5.74, 6) is -5.32. The summed E-state index contributed by atoms with van der Waals surface area (Å²) in [6.07, 6.45) is 0.384.